The molecular formula is C49H80GaN5O10. The van der Waals surface area contributed by atoms with Crippen molar-refractivity contribution in [1.82, 2.24) is 24.9 Å². The molecule has 65 heavy (non-hydrogen) atoms. The summed E-state index contributed by atoms with van der Waals surface area (Å²) in [6.07, 6.45) is 12.6. The summed E-state index contributed by atoms with van der Waals surface area (Å²) in [6.45, 7) is 18.9. The second-order valence-electron chi connectivity index (χ2n) is 22.2. The summed E-state index contributed by atoms with van der Waals surface area (Å²) < 4.78 is 0. The molecule has 4 saturated carbocycles. The Bertz CT molecular complexity index is 1730. The Morgan fingerprint density at radius 2 is 1.40 bits per heavy atom. The van der Waals surface area contributed by atoms with Gasteiger partial charge in [0.15, 0.2) is 0 Å². The van der Waals surface area contributed by atoms with Gasteiger partial charge in [0.2, 0.25) is 5.91 Å². The first kappa shape index (κ1) is 55.3. The van der Waals surface area contributed by atoms with E-state index in [1.807, 2.05) is 9.80 Å². The van der Waals surface area contributed by atoms with Crippen molar-refractivity contribution in [3.63, 3.8) is 0 Å². The average Bonchev–Trinajstić information content (AvgIpc) is 3.20. The molecule has 1 aliphatic heterocycles. The minimum absolute atomic E-state index is 0. The molecule has 0 bridgehead atoms. The summed E-state index contributed by atoms with van der Waals surface area (Å²) in [7, 11) is 0. The van der Waals surface area contributed by atoms with Gasteiger partial charge in [0.25, 0.3) is 0 Å². The number of carboxylic acid groups (broad SMARTS) is 3. The van der Waals surface area contributed by atoms with E-state index in [-0.39, 0.29) is 117 Å². The van der Waals surface area contributed by atoms with E-state index in [0.717, 1.165) is 64.1 Å². The van der Waals surface area contributed by atoms with Crippen LogP contribution < -0.4 is 15.5 Å². The van der Waals surface area contributed by atoms with Crippen LogP contribution in [0.1, 0.15) is 119 Å². The van der Waals surface area contributed by atoms with Crippen molar-refractivity contribution in [3.8, 4) is 0 Å². The molecular weight excluding hydrogens is 888 g/mol. The van der Waals surface area contributed by atoms with Crippen LogP contribution in [0, 0.1) is 56.7 Å². The number of fused-ring (bicyclic) bond motifs is 7. The van der Waals surface area contributed by atoms with Crippen LogP contribution in [0.2, 0.25) is 0 Å². The maximum absolute atomic E-state index is 14.9. The minimum Gasteiger partial charge on any atom is -0.870 e. The zero-order valence-electron chi connectivity index (χ0n) is 40.5. The minimum atomic E-state index is -1.28. The molecule has 0 spiro atoms. The van der Waals surface area contributed by atoms with E-state index in [1.54, 1.807) is 9.80 Å². The van der Waals surface area contributed by atoms with Crippen molar-refractivity contribution in [1.29, 1.82) is 0 Å². The molecule has 15 nitrogen and oxygen atoms in total. The Morgan fingerprint density at radius 1 is 0.815 bits per heavy atom. The van der Waals surface area contributed by atoms with Crippen LogP contribution in [-0.2, 0) is 24.0 Å². The van der Waals surface area contributed by atoms with E-state index in [1.165, 1.54) is 5.57 Å². The fourth-order valence-corrected chi connectivity index (χ4v) is 14.8. The van der Waals surface area contributed by atoms with E-state index >= 15 is 0 Å². The van der Waals surface area contributed by atoms with Crippen LogP contribution in [0.4, 0.5) is 0 Å². The number of rotatable bonds is 13. The Morgan fingerprint density at radius 3 is 1.98 bits per heavy atom. The molecule has 5 fully saturated rings. The molecule has 0 aromatic carbocycles. The van der Waals surface area contributed by atoms with Gasteiger partial charge in [-0.2, -0.15) is 0 Å². The summed E-state index contributed by atoms with van der Waals surface area (Å²) in [6, 6.07) is -0.907. The smallest absolute Gasteiger partial charge is 0.870 e. The molecule has 3 unspecified atom stereocenters. The molecule has 6 aliphatic rings. The van der Waals surface area contributed by atoms with Gasteiger partial charge in [-0.1, -0.05) is 60.1 Å². The maximum Gasteiger partial charge on any atom is 3.00 e. The third-order valence-corrected chi connectivity index (χ3v) is 19.0. The molecule has 0 aromatic rings. The number of carbonyl (C=O) groups excluding carboxylic acids is 4. The summed E-state index contributed by atoms with van der Waals surface area (Å²) >= 11 is 0. The van der Waals surface area contributed by atoms with Gasteiger partial charge in [-0.15, -0.1) is 0 Å². The van der Waals surface area contributed by atoms with Gasteiger partial charge in [-0.05, 0) is 122 Å². The predicted molar refractivity (Wildman–Crippen MR) is 243 cm³/mol. The molecule has 16 heteroatoms. The van der Waals surface area contributed by atoms with Crippen LogP contribution in [-0.4, -0.2) is 176 Å². The number of hydrogen-bond acceptors (Lipinski definition) is 13. The second-order valence-corrected chi connectivity index (χ2v) is 22.2. The zero-order chi connectivity index (χ0) is 46.1. The number of amides is 1. The van der Waals surface area contributed by atoms with Gasteiger partial charge in [-0.25, -0.2) is 0 Å². The number of aliphatic hydroxyl groups is 1. The number of nitrogens with one attached hydrogen (secondary N) is 1. The number of allylic oxidation sites excluding steroid dienone is 2. The molecule has 364 valence electrons. The standard InChI is InChI=1S/C49H81N5O9.Ga.H2O/c1-33-12-17-49(19-18-47(6)35(42(49)34(33)2)10-11-38-46(5)15-14-39(56)45(3,4)37(46)13-16-48(38,47)7)44(63)50-20-8-9-36(43(61)62)54-27-25-51(29-30-55)21-22-52(31-40(57)58)23-24-53(26-28-54)32-41(59)60;;/h10,30,33-34,36-39,42,56H,8-9,11-29,31-32H2,1-7H3,(H,50,63)(H,57,58)(H,59,60)(H,61,62);;1H2/q;+3;/p-3/t33-,34-,36?,37?,38?,39-,42-,46-,47-,48+,49-;;/m1../s1. The van der Waals surface area contributed by atoms with Crippen LogP contribution in [0.25, 0.3) is 0 Å². The van der Waals surface area contributed by atoms with Crippen molar-refractivity contribution in [2.24, 2.45) is 56.7 Å². The third-order valence-electron chi connectivity index (χ3n) is 19.0. The Labute approximate surface area is 401 Å². The van der Waals surface area contributed by atoms with Crippen LogP contribution in [0.3, 0.4) is 0 Å². The molecule has 1 saturated heterocycles. The van der Waals surface area contributed by atoms with E-state index in [4.69, 9.17) is 0 Å². The first-order valence-electron chi connectivity index (χ1n) is 24.3. The molecule has 1 heterocycles. The van der Waals surface area contributed by atoms with Gasteiger partial charge in [0, 0.05) is 72.0 Å². The van der Waals surface area contributed by atoms with E-state index in [2.05, 4.69) is 59.9 Å². The molecule has 5 aliphatic carbocycles. The van der Waals surface area contributed by atoms with Crippen molar-refractivity contribution >= 4 is 49.9 Å². The topological polar surface area (TPSA) is 227 Å². The van der Waals surface area contributed by atoms with E-state index < -0.39 is 29.4 Å². The molecule has 4 N–H and O–H groups in total. The second kappa shape index (κ2) is 22.0. The first-order valence-corrected chi connectivity index (χ1v) is 24.3. The van der Waals surface area contributed by atoms with Gasteiger partial charge >= 0.3 is 25.8 Å². The summed E-state index contributed by atoms with van der Waals surface area (Å²) in [5.74, 6) is -1.51. The van der Waals surface area contributed by atoms with Crippen LogP contribution in [0.15, 0.2) is 11.6 Å². The number of hydrogen-bond donors (Lipinski definition) is 3. The number of aliphatic carboxylic acids is 3. The van der Waals surface area contributed by atoms with Crippen LogP contribution >= 0.6 is 0 Å². The van der Waals surface area contributed by atoms with Gasteiger partial charge < -0.3 is 45.6 Å². The quantitative estimate of drug-likeness (QED) is 0.104. The van der Waals surface area contributed by atoms with Crippen molar-refractivity contribution < 1.29 is 49.9 Å². The van der Waals surface area contributed by atoms with Crippen LogP contribution in [0.5, 0.6) is 0 Å². The normalized spacial score (nSPS) is 37.6. The Hall–Kier alpha value is -2.31. The molecule has 0 aromatic heterocycles. The SMILES string of the molecule is C[C@@H]1[C@H](C)CC[C@@]2(C(=O)NCCCC(C(=O)O)N3CCN(CC=O)CCN(CC(=O)[O-])CCN(CC(=O)[O-])CC3)CC[C@]3(C)C(=CCC4[C@]5(C)CC[C@@H](O)C(C)(C)C5CC[C@@]43C)[C@@H]12.[Ga+3].[OH-]. The number of aldehydes is 1. The first-order chi connectivity index (χ1) is 29.6. The van der Waals surface area contributed by atoms with Crippen molar-refractivity contribution in [2.75, 3.05) is 78.5 Å². The summed E-state index contributed by atoms with van der Waals surface area (Å²) in [5.41, 5.74) is 1.05. The van der Waals surface area contributed by atoms with Gasteiger partial charge in [0.05, 0.1) is 30.0 Å². The maximum atomic E-state index is 14.9. The van der Waals surface area contributed by atoms with Gasteiger partial charge in [0.1, 0.15) is 12.3 Å². The zero-order valence-corrected chi connectivity index (χ0v) is 42.9. The third kappa shape index (κ3) is 10.8. The molecule has 11 atom stereocenters. The molecule has 0 radical (unpaired) electrons. The number of carboxylic acids is 3. The monoisotopic (exact) mass is 968 g/mol. The Balaban J connectivity index is 0.00000462. The number of aliphatic hydroxyl groups excluding tert-OH is 1. The number of nitrogens with zero attached hydrogens (tertiary/aromatic N) is 4. The number of carbonyl (C=O) groups is 5. The van der Waals surface area contributed by atoms with Crippen molar-refractivity contribution in [3.05, 3.63) is 11.6 Å². The van der Waals surface area contributed by atoms with Crippen molar-refractivity contribution in [2.45, 2.75) is 131 Å². The van der Waals surface area contributed by atoms with E-state index in [0.29, 0.717) is 62.8 Å². The fraction of sp³-hybridized carbons (Fsp3) is 0.857. The Kier molecular flexibility index (Phi) is 18.7. The average molecular weight is 969 g/mol. The van der Waals surface area contributed by atoms with E-state index in [9.17, 15) is 44.4 Å². The summed E-state index contributed by atoms with van der Waals surface area (Å²) in [4.78, 5) is 69.6. The van der Waals surface area contributed by atoms with Gasteiger partial charge in [-0.3, -0.25) is 29.2 Å². The predicted octanol–water partition coefficient (Wildman–Crippen LogP) is 1.72. The summed E-state index contributed by atoms with van der Waals surface area (Å²) in [5, 5.41) is 48.2. The molecule has 6 rings (SSSR count). The molecule has 1 amide bonds. The largest absolute Gasteiger partial charge is 3.00 e. The fourth-order valence-electron chi connectivity index (χ4n) is 14.8.